The number of aromatic nitrogens is 2. The van der Waals surface area contributed by atoms with Crippen LogP contribution in [0.1, 0.15) is 44.3 Å². The van der Waals surface area contributed by atoms with E-state index in [2.05, 4.69) is 234 Å². The van der Waals surface area contributed by atoms with Crippen LogP contribution in [0.15, 0.2) is 277 Å². The summed E-state index contributed by atoms with van der Waals surface area (Å²) in [6.45, 7) is 2.28. The summed E-state index contributed by atoms with van der Waals surface area (Å²) in [6.07, 6.45) is -0.586. The van der Waals surface area contributed by atoms with E-state index in [4.69, 9.17) is 14.7 Å². The standard InChI is InChI=1S/C74H51N5O2/c1-47-41-56(79-64-36-17-15-33-58(64)62-43-52-26-11-12-27-53(52)44-67(62)79)45-63(68(47)60-40-39-50-25-13-14-32-57(50)70(60)74(80)81-46-48-21-5-2-6-22-48)73-76-71(54-29-19-28-51(42-54)49-23-7-3-8-24-49)75-72(77-73)61-35-20-38-66-69(61)59-34-16-18-37-65(59)78(66)55-30-9-4-10-31-55/h2-45,71H,46H2,1H3,(H,75,76,77). The van der Waals surface area contributed by atoms with Crippen LogP contribution in [0.5, 0.6) is 0 Å². The zero-order chi connectivity index (χ0) is 54.0. The van der Waals surface area contributed by atoms with Crippen molar-refractivity contribution in [2.24, 2.45) is 9.98 Å². The summed E-state index contributed by atoms with van der Waals surface area (Å²) in [6, 6.07) is 93.2. The molecule has 3 heterocycles. The lowest BCUT2D eigenvalue weighted by Gasteiger charge is -2.27. The average molecular weight is 1040 g/mol. The van der Waals surface area contributed by atoms with E-state index in [9.17, 15) is 0 Å². The Balaban J connectivity index is 1.02. The maximum Gasteiger partial charge on any atom is 0.339 e. The zero-order valence-electron chi connectivity index (χ0n) is 44.3. The third-order valence-corrected chi connectivity index (χ3v) is 16.0. The highest BCUT2D eigenvalue weighted by Gasteiger charge is 2.30. The van der Waals surface area contributed by atoms with Gasteiger partial charge in [0.15, 0.2) is 5.84 Å². The Hall–Kier alpha value is -10.6. The van der Waals surface area contributed by atoms with Gasteiger partial charge in [-0.1, -0.05) is 206 Å². The lowest BCUT2D eigenvalue weighted by molar-refractivity contribution is 0.0476. The van der Waals surface area contributed by atoms with Gasteiger partial charge in [-0.2, -0.15) is 0 Å². The van der Waals surface area contributed by atoms with Crippen LogP contribution in [-0.4, -0.2) is 26.8 Å². The van der Waals surface area contributed by atoms with Crippen molar-refractivity contribution in [3.05, 3.63) is 300 Å². The van der Waals surface area contributed by atoms with Crippen LogP contribution in [0.3, 0.4) is 0 Å². The minimum absolute atomic E-state index is 0.125. The molecule has 0 spiro atoms. The van der Waals surface area contributed by atoms with Gasteiger partial charge in [0.05, 0.1) is 27.6 Å². The molecule has 7 heteroatoms. The number of aliphatic imine (C=N–C) groups is 2. The average Bonchev–Trinajstić information content (AvgIpc) is 3.51. The third kappa shape index (κ3) is 8.25. The number of rotatable bonds is 10. The van der Waals surface area contributed by atoms with Crippen LogP contribution >= 0.6 is 0 Å². The zero-order valence-corrected chi connectivity index (χ0v) is 44.3. The van der Waals surface area contributed by atoms with Gasteiger partial charge in [0, 0.05) is 44.0 Å². The maximum absolute atomic E-state index is 15.1. The molecule has 0 aliphatic carbocycles. The summed E-state index contributed by atoms with van der Waals surface area (Å²) in [5.41, 5.74) is 15.1. The van der Waals surface area contributed by atoms with Gasteiger partial charge < -0.3 is 19.2 Å². The first-order valence-corrected chi connectivity index (χ1v) is 27.5. The Labute approximate surface area is 468 Å². The number of hydrogen-bond acceptors (Lipinski definition) is 5. The van der Waals surface area contributed by atoms with Crippen molar-refractivity contribution in [3.63, 3.8) is 0 Å². The number of hydrogen-bond donors (Lipinski definition) is 1. The number of ether oxygens (including phenoxy) is 1. The van der Waals surface area contributed by atoms with Gasteiger partial charge in [-0.05, 0) is 128 Å². The third-order valence-electron chi connectivity index (χ3n) is 16.0. The number of esters is 1. The largest absolute Gasteiger partial charge is 0.457 e. The van der Waals surface area contributed by atoms with Crippen molar-refractivity contribution >= 4 is 82.8 Å². The second-order valence-electron chi connectivity index (χ2n) is 20.9. The summed E-state index contributed by atoms with van der Waals surface area (Å²) < 4.78 is 11.0. The molecule has 0 amide bonds. The summed E-state index contributed by atoms with van der Waals surface area (Å²) in [4.78, 5) is 26.6. The Morgan fingerprint density at radius 1 is 0.469 bits per heavy atom. The normalized spacial score (nSPS) is 13.5. The molecule has 0 saturated carbocycles. The van der Waals surface area contributed by atoms with Gasteiger partial charge in [-0.25, -0.2) is 14.8 Å². The number of nitrogens with zero attached hydrogens (tertiary/aromatic N) is 4. The van der Waals surface area contributed by atoms with Crippen LogP contribution in [-0.2, 0) is 11.3 Å². The van der Waals surface area contributed by atoms with Crippen molar-refractivity contribution in [3.8, 4) is 33.6 Å². The van der Waals surface area contributed by atoms with E-state index >= 15 is 4.79 Å². The molecule has 0 bridgehead atoms. The van der Waals surface area contributed by atoms with Gasteiger partial charge in [-0.15, -0.1) is 0 Å². The van der Waals surface area contributed by atoms with Crippen LogP contribution in [0.4, 0.5) is 0 Å². The van der Waals surface area contributed by atoms with Crippen LogP contribution in [0.25, 0.3) is 98.8 Å². The quantitative estimate of drug-likeness (QED) is 0.139. The molecule has 14 aromatic rings. The van der Waals surface area contributed by atoms with Gasteiger partial charge in [-0.3, -0.25) is 0 Å². The second kappa shape index (κ2) is 19.7. The minimum Gasteiger partial charge on any atom is -0.457 e. The highest BCUT2D eigenvalue weighted by atomic mass is 16.5. The van der Waals surface area contributed by atoms with Crippen molar-refractivity contribution < 1.29 is 9.53 Å². The molecule has 81 heavy (non-hydrogen) atoms. The fraction of sp³-hybridized carbons (Fsp3) is 0.0405. The molecule has 1 unspecified atom stereocenters. The molecule has 1 aliphatic rings. The van der Waals surface area contributed by atoms with Crippen LogP contribution in [0.2, 0.25) is 0 Å². The molecule has 1 N–H and O–H groups in total. The van der Waals surface area contributed by atoms with Crippen molar-refractivity contribution in [1.29, 1.82) is 0 Å². The molecule has 0 fully saturated rings. The number of carbonyl (C=O) groups is 1. The molecule has 15 rings (SSSR count). The lowest BCUT2D eigenvalue weighted by atomic mass is 9.87. The summed E-state index contributed by atoms with van der Waals surface area (Å²) in [5, 5.41) is 12.5. The highest BCUT2D eigenvalue weighted by molar-refractivity contribution is 6.25. The van der Waals surface area contributed by atoms with E-state index in [0.717, 1.165) is 121 Å². The number of aryl methyl sites for hydroxylation is 1. The Kier molecular flexibility index (Phi) is 11.6. The Morgan fingerprint density at radius 2 is 1.09 bits per heavy atom. The fourth-order valence-electron chi connectivity index (χ4n) is 12.3. The predicted octanol–water partition coefficient (Wildman–Crippen LogP) is 17.7. The van der Waals surface area contributed by atoms with Crippen molar-refractivity contribution in [2.45, 2.75) is 19.7 Å². The fourth-order valence-corrected chi connectivity index (χ4v) is 12.3. The SMILES string of the molecule is Cc1cc(-n2c3ccccc3c3cc4ccccc4cc32)cc(C2=NC(c3cccc4c3c3ccccc3n4-c3ccccc3)=NC(c3cccc(-c4ccccc4)c3)N2)c1-c1ccc2ccccc2c1C(=O)OCc1ccccc1. The van der Waals surface area contributed by atoms with E-state index < -0.39 is 12.1 Å². The lowest BCUT2D eigenvalue weighted by Crippen LogP contribution is -2.34. The molecular weight excluding hydrogens is 991 g/mol. The van der Waals surface area contributed by atoms with E-state index in [0.29, 0.717) is 17.2 Å². The number of amidine groups is 2. The molecule has 384 valence electrons. The van der Waals surface area contributed by atoms with E-state index in [1.165, 1.54) is 5.39 Å². The number of fused-ring (bicyclic) bond motifs is 8. The smallest absolute Gasteiger partial charge is 0.339 e. The number of para-hydroxylation sites is 3. The van der Waals surface area contributed by atoms with E-state index in [-0.39, 0.29) is 6.61 Å². The Morgan fingerprint density at radius 3 is 1.88 bits per heavy atom. The van der Waals surface area contributed by atoms with Crippen molar-refractivity contribution in [1.82, 2.24) is 14.5 Å². The highest BCUT2D eigenvalue weighted by Crippen LogP contribution is 2.42. The van der Waals surface area contributed by atoms with Gasteiger partial charge in [0.2, 0.25) is 0 Å². The monoisotopic (exact) mass is 1040 g/mol. The van der Waals surface area contributed by atoms with Crippen molar-refractivity contribution in [2.75, 3.05) is 0 Å². The number of benzene rings is 12. The first kappa shape index (κ1) is 47.6. The molecule has 7 nitrogen and oxygen atoms in total. The maximum atomic E-state index is 15.1. The first-order valence-electron chi connectivity index (χ1n) is 27.5. The minimum atomic E-state index is -0.586. The van der Waals surface area contributed by atoms with E-state index in [1.807, 2.05) is 54.6 Å². The van der Waals surface area contributed by atoms with Gasteiger partial charge >= 0.3 is 5.97 Å². The Bertz CT molecular complexity index is 4880. The molecule has 2 aromatic heterocycles. The summed E-state index contributed by atoms with van der Waals surface area (Å²) >= 11 is 0. The molecule has 1 aliphatic heterocycles. The van der Waals surface area contributed by atoms with Gasteiger partial charge in [0.1, 0.15) is 18.6 Å². The second-order valence-corrected chi connectivity index (χ2v) is 20.9. The molecule has 12 aromatic carbocycles. The first-order chi connectivity index (χ1) is 40.0. The van der Waals surface area contributed by atoms with Crippen LogP contribution in [0, 0.1) is 6.92 Å². The topological polar surface area (TPSA) is 72.9 Å². The van der Waals surface area contributed by atoms with Gasteiger partial charge in [0.25, 0.3) is 0 Å². The molecular formula is C74H51N5O2. The predicted molar refractivity (Wildman–Crippen MR) is 333 cm³/mol. The van der Waals surface area contributed by atoms with Crippen LogP contribution < -0.4 is 5.32 Å². The molecule has 0 radical (unpaired) electrons. The number of carbonyl (C=O) groups excluding carboxylic acids is 1. The number of nitrogens with one attached hydrogen (secondary N) is 1. The van der Waals surface area contributed by atoms with E-state index in [1.54, 1.807) is 0 Å². The summed E-state index contributed by atoms with van der Waals surface area (Å²) in [7, 11) is 0. The molecule has 0 saturated heterocycles. The summed E-state index contributed by atoms with van der Waals surface area (Å²) in [5.74, 6) is 0.785. The molecule has 1 atom stereocenters.